The topological polar surface area (TPSA) is 55.5 Å². The van der Waals surface area contributed by atoms with Crippen LogP contribution in [0.3, 0.4) is 0 Å². The lowest BCUT2D eigenvalue weighted by Crippen LogP contribution is -2.41. The van der Waals surface area contributed by atoms with Gasteiger partial charge in [-0.3, -0.25) is 0 Å². The lowest BCUT2D eigenvalue weighted by Gasteiger charge is -2.40. The van der Waals surface area contributed by atoms with Crippen LogP contribution in [0.15, 0.2) is 6.07 Å². The van der Waals surface area contributed by atoms with Gasteiger partial charge in [-0.25, -0.2) is 0 Å². The predicted molar refractivity (Wildman–Crippen MR) is 70.3 cm³/mol. The summed E-state index contributed by atoms with van der Waals surface area (Å²) < 4.78 is 5.38. The second kappa shape index (κ2) is 5.06. The van der Waals surface area contributed by atoms with E-state index in [9.17, 15) is 5.11 Å². The van der Waals surface area contributed by atoms with E-state index in [1.165, 1.54) is 9.75 Å². The van der Waals surface area contributed by atoms with E-state index in [0.717, 1.165) is 18.4 Å². The molecule has 0 saturated carbocycles. The summed E-state index contributed by atoms with van der Waals surface area (Å²) in [5, 5.41) is 10.7. The van der Waals surface area contributed by atoms with Crippen molar-refractivity contribution in [2.75, 3.05) is 19.8 Å². The molecule has 0 radical (unpaired) electrons. The molecular formula is C13H21NO2S. The second-order valence-electron chi connectivity index (χ2n) is 4.95. The van der Waals surface area contributed by atoms with Gasteiger partial charge in [0.25, 0.3) is 0 Å². The molecule has 1 unspecified atom stereocenters. The summed E-state index contributed by atoms with van der Waals surface area (Å²) in [6, 6.07) is 2.09. The number of rotatable bonds is 3. The summed E-state index contributed by atoms with van der Waals surface area (Å²) >= 11 is 1.74. The Hall–Kier alpha value is -0.420. The highest BCUT2D eigenvalue weighted by Gasteiger charge is 2.40. The van der Waals surface area contributed by atoms with Gasteiger partial charge in [0, 0.05) is 34.9 Å². The highest BCUT2D eigenvalue weighted by Crippen LogP contribution is 2.44. The molecule has 0 aromatic carbocycles. The van der Waals surface area contributed by atoms with E-state index in [4.69, 9.17) is 10.5 Å². The Morgan fingerprint density at radius 2 is 2.12 bits per heavy atom. The second-order valence-corrected chi connectivity index (χ2v) is 6.41. The van der Waals surface area contributed by atoms with Crippen LogP contribution in [-0.2, 0) is 4.74 Å². The van der Waals surface area contributed by atoms with Crippen molar-refractivity contribution < 1.29 is 9.84 Å². The van der Waals surface area contributed by atoms with Crippen LogP contribution in [0.1, 0.15) is 34.3 Å². The molecule has 3 N–H and O–H groups in total. The Kier molecular flexibility index (Phi) is 3.88. The first-order valence-electron chi connectivity index (χ1n) is 6.12. The van der Waals surface area contributed by atoms with E-state index in [2.05, 4.69) is 19.9 Å². The van der Waals surface area contributed by atoms with Crippen molar-refractivity contribution in [3.05, 3.63) is 21.4 Å². The quantitative estimate of drug-likeness (QED) is 0.870. The molecule has 1 fully saturated rings. The Morgan fingerprint density at radius 3 is 2.59 bits per heavy atom. The average Bonchev–Trinajstić information content (AvgIpc) is 2.68. The largest absolute Gasteiger partial charge is 0.388 e. The summed E-state index contributed by atoms with van der Waals surface area (Å²) in [6.07, 6.45) is 1.24. The molecule has 1 aromatic rings. The van der Waals surface area contributed by atoms with E-state index >= 15 is 0 Å². The maximum Gasteiger partial charge on any atom is 0.0870 e. The van der Waals surface area contributed by atoms with Crippen LogP contribution in [0.5, 0.6) is 0 Å². The number of aliphatic hydroxyl groups is 1. The minimum atomic E-state index is -0.457. The van der Waals surface area contributed by atoms with Crippen molar-refractivity contribution in [3.63, 3.8) is 0 Å². The van der Waals surface area contributed by atoms with Crippen molar-refractivity contribution >= 4 is 11.3 Å². The Morgan fingerprint density at radius 1 is 1.47 bits per heavy atom. The molecule has 17 heavy (non-hydrogen) atoms. The molecule has 0 bridgehead atoms. The molecular weight excluding hydrogens is 234 g/mol. The fourth-order valence-electron chi connectivity index (χ4n) is 2.62. The first-order valence-corrected chi connectivity index (χ1v) is 6.93. The van der Waals surface area contributed by atoms with Crippen molar-refractivity contribution in [1.82, 2.24) is 0 Å². The Balaban J connectivity index is 2.27. The highest BCUT2D eigenvalue weighted by molar-refractivity contribution is 7.12. The molecule has 96 valence electrons. The third-order valence-corrected chi connectivity index (χ3v) is 4.83. The third-order valence-electron chi connectivity index (χ3n) is 3.85. The van der Waals surface area contributed by atoms with Gasteiger partial charge in [0.1, 0.15) is 0 Å². The molecule has 1 atom stereocenters. The summed E-state index contributed by atoms with van der Waals surface area (Å²) in [4.78, 5) is 2.45. The minimum absolute atomic E-state index is 0.198. The zero-order valence-electron chi connectivity index (χ0n) is 10.5. The van der Waals surface area contributed by atoms with Gasteiger partial charge in [0.05, 0.1) is 6.10 Å². The van der Waals surface area contributed by atoms with Gasteiger partial charge in [-0.1, -0.05) is 0 Å². The van der Waals surface area contributed by atoms with Crippen molar-refractivity contribution in [2.45, 2.75) is 32.8 Å². The van der Waals surface area contributed by atoms with Crippen LogP contribution < -0.4 is 5.73 Å². The van der Waals surface area contributed by atoms with Crippen LogP contribution in [0.25, 0.3) is 0 Å². The monoisotopic (exact) mass is 255 g/mol. The average molecular weight is 255 g/mol. The molecule has 1 aromatic heterocycles. The van der Waals surface area contributed by atoms with E-state index in [0.29, 0.717) is 19.8 Å². The standard InChI is InChI=1S/C13H21NO2S/c1-9-7-11(10(2)17-9)12(15)13(8-14)3-5-16-6-4-13/h7,12,15H,3-6,8,14H2,1-2H3. The van der Waals surface area contributed by atoms with E-state index in [1.54, 1.807) is 11.3 Å². The fraction of sp³-hybridized carbons (Fsp3) is 0.692. The molecule has 2 heterocycles. The van der Waals surface area contributed by atoms with Crippen LogP contribution in [-0.4, -0.2) is 24.9 Å². The van der Waals surface area contributed by atoms with Gasteiger partial charge in [0.15, 0.2) is 0 Å². The maximum atomic E-state index is 10.7. The molecule has 1 aliphatic heterocycles. The lowest BCUT2D eigenvalue weighted by atomic mass is 9.73. The summed E-state index contributed by atoms with van der Waals surface area (Å²) in [7, 11) is 0. The van der Waals surface area contributed by atoms with Crippen molar-refractivity contribution in [1.29, 1.82) is 0 Å². The normalized spacial score (nSPS) is 21.4. The number of ether oxygens (including phenoxy) is 1. The highest BCUT2D eigenvalue weighted by atomic mass is 32.1. The number of thiophene rings is 1. The lowest BCUT2D eigenvalue weighted by molar-refractivity contribution is -0.0582. The van der Waals surface area contributed by atoms with Crippen LogP contribution in [0, 0.1) is 19.3 Å². The van der Waals surface area contributed by atoms with Crippen LogP contribution in [0.2, 0.25) is 0 Å². The fourth-order valence-corrected chi connectivity index (χ4v) is 3.58. The van der Waals surface area contributed by atoms with Gasteiger partial charge < -0.3 is 15.6 Å². The number of nitrogens with two attached hydrogens (primary N) is 1. The summed E-state index contributed by atoms with van der Waals surface area (Å²) in [5.74, 6) is 0. The zero-order chi connectivity index (χ0) is 12.5. The van der Waals surface area contributed by atoms with Crippen LogP contribution in [0.4, 0.5) is 0 Å². The van der Waals surface area contributed by atoms with E-state index in [-0.39, 0.29) is 5.41 Å². The van der Waals surface area contributed by atoms with Crippen molar-refractivity contribution in [2.24, 2.45) is 11.1 Å². The van der Waals surface area contributed by atoms with Gasteiger partial charge >= 0.3 is 0 Å². The third kappa shape index (κ3) is 2.40. The summed E-state index contributed by atoms with van der Waals surface area (Å²) in [5.41, 5.74) is 6.78. The number of hydrogen-bond donors (Lipinski definition) is 2. The molecule has 0 aliphatic carbocycles. The molecule has 3 nitrogen and oxygen atoms in total. The smallest absolute Gasteiger partial charge is 0.0870 e. The molecule has 2 rings (SSSR count). The van der Waals surface area contributed by atoms with Gasteiger partial charge in [0.2, 0.25) is 0 Å². The maximum absolute atomic E-state index is 10.7. The zero-order valence-corrected chi connectivity index (χ0v) is 11.3. The summed E-state index contributed by atoms with van der Waals surface area (Å²) in [6.45, 7) is 6.07. The van der Waals surface area contributed by atoms with Crippen molar-refractivity contribution in [3.8, 4) is 0 Å². The molecule has 4 heteroatoms. The SMILES string of the molecule is Cc1cc(C(O)C2(CN)CCOCC2)c(C)s1. The van der Waals surface area contributed by atoms with E-state index in [1.807, 2.05) is 0 Å². The Labute approximate surface area is 107 Å². The minimum Gasteiger partial charge on any atom is -0.388 e. The van der Waals surface area contributed by atoms with Gasteiger partial charge in [-0.2, -0.15) is 0 Å². The first kappa shape index (κ1) is 13.0. The van der Waals surface area contributed by atoms with Gasteiger partial charge in [-0.05, 0) is 38.3 Å². The predicted octanol–water partition coefficient (Wildman–Crippen LogP) is 2.15. The van der Waals surface area contributed by atoms with Crippen LogP contribution >= 0.6 is 11.3 Å². The number of hydrogen-bond acceptors (Lipinski definition) is 4. The number of aliphatic hydroxyl groups excluding tert-OH is 1. The molecule has 0 spiro atoms. The molecule has 1 aliphatic rings. The number of aryl methyl sites for hydroxylation is 2. The molecule has 0 amide bonds. The van der Waals surface area contributed by atoms with E-state index < -0.39 is 6.10 Å². The Bertz CT molecular complexity index is 383. The van der Waals surface area contributed by atoms with Gasteiger partial charge in [-0.15, -0.1) is 11.3 Å². The molecule has 1 saturated heterocycles. The first-order chi connectivity index (χ1) is 8.09.